The molecule has 2 aromatic carbocycles. The second kappa shape index (κ2) is 10.9. The molecule has 0 aromatic heterocycles. The number of aryl methyl sites for hydroxylation is 1. The van der Waals surface area contributed by atoms with Gasteiger partial charge in [0.1, 0.15) is 11.6 Å². The van der Waals surface area contributed by atoms with Gasteiger partial charge in [0.2, 0.25) is 0 Å². The van der Waals surface area contributed by atoms with Gasteiger partial charge >= 0.3 is 0 Å². The number of nitrogens with one attached hydrogen (secondary N) is 1. The number of ether oxygens (including phenoxy) is 2. The first-order chi connectivity index (χ1) is 13.9. The van der Waals surface area contributed by atoms with Gasteiger partial charge in [-0.05, 0) is 77.7 Å². The van der Waals surface area contributed by atoms with Crippen LogP contribution in [0.25, 0.3) is 6.08 Å². The monoisotopic (exact) mass is 476 g/mol. The van der Waals surface area contributed by atoms with Crippen LogP contribution >= 0.6 is 27.5 Å². The number of nitrogens with zero attached hydrogens (tertiary/aromatic N) is 1. The molecule has 0 fully saturated rings. The first-order valence-corrected chi connectivity index (χ1v) is 10.3. The lowest BCUT2D eigenvalue weighted by Gasteiger charge is -2.14. The normalized spacial score (nSPS) is 11.0. The van der Waals surface area contributed by atoms with Crippen LogP contribution in [0.2, 0.25) is 5.02 Å². The van der Waals surface area contributed by atoms with Crippen molar-refractivity contribution in [2.24, 2.45) is 0 Å². The minimum Gasteiger partial charge on any atom is -0.490 e. The standard InChI is InChI=1S/C22H22BrClN2O3/c1-4-8-29-21-18(23)10-15(11-20(21)28-5-2)9-16(13-25)22(27)26-17-7-6-14(3)19(24)12-17/h6-7,9-12H,4-5,8H2,1-3H3,(H,26,27)/b16-9+. The number of benzene rings is 2. The number of hydrogen-bond acceptors (Lipinski definition) is 4. The van der Waals surface area contributed by atoms with Crippen LogP contribution in [0.15, 0.2) is 40.4 Å². The fourth-order valence-corrected chi connectivity index (χ4v) is 3.22. The maximum Gasteiger partial charge on any atom is 0.266 e. The van der Waals surface area contributed by atoms with E-state index in [0.29, 0.717) is 45.5 Å². The minimum atomic E-state index is -0.521. The summed E-state index contributed by atoms with van der Waals surface area (Å²) < 4.78 is 12.1. The van der Waals surface area contributed by atoms with Crippen molar-refractivity contribution in [2.75, 3.05) is 18.5 Å². The van der Waals surface area contributed by atoms with Crippen molar-refractivity contribution in [3.8, 4) is 17.6 Å². The number of amides is 1. The minimum absolute atomic E-state index is 0.0433. The molecule has 2 aromatic rings. The molecule has 5 nitrogen and oxygen atoms in total. The quantitative estimate of drug-likeness (QED) is 0.366. The molecule has 0 aliphatic rings. The van der Waals surface area contributed by atoms with Gasteiger partial charge < -0.3 is 14.8 Å². The Balaban J connectivity index is 2.32. The van der Waals surface area contributed by atoms with Crippen LogP contribution in [0.5, 0.6) is 11.5 Å². The summed E-state index contributed by atoms with van der Waals surface area (Å²) in [6.07, 6.45) is 2.36. The predicted molar refractivity (Wildman–Crippen MR) is 120 cm³/mol. The highest BCUT2D eigenvalue weighted by molar-refractivity contribution is 9.10. The van der Waals surface area contributed by atoms with Gasteiger partial charge in [-0.3, -0.25) is 4.79 Å². The number of halogens is 2. The summed E-state index contributed by atoms with van der Waals surface area (Å²) in [5, 5.41) is 12.7. The summed E-state index contributed by atoms with van der Waals surface area (Å²) >= 11 is 9.58. The molecule has 0 saturated carbocycles. The lowest BCUT2D eigenvalue weighted by atomic mass is 10.1. The smallest absolute Gasteiger partial charge is 0.266 e. The molecule has 7 heteroatoms. The summed E-state index contributed by atoms with van der Waals surface area (Å²) in [6.45, 7) is 6.78. The molecule has 0 bridgehead atoms. The Morgan fingerprint density at radius 1 is 1.28 bits per heavy atom. The highest BCUT2D eigenvalue weighted by Gasteiger charge is 2.14. The fraction of sp³-hybridized carbons (Fsp3) is 0.273. The van der Waals surface area contributed by atoms with Crippen LogP contribution in [-0.4, -0.2) is 19.1 Å². The Kier molecular flexibility index (Phi) is 8.56. The van der Waals surface area contributed by atoms with E-state index in [-0.39, 0.29) is 5.57 Å². The third kappa shape index (κ3) is 6.25. The zero-order chi connectivity index (χ0) is 21.4. The SMILES string of the molecule is CCCOc1c(Br)cc(/C=C(\C#N)C(=O)Nc2ccc(C)c(Cl)c2)cc1OCC. The van der Waals surface area contributed by atoms with Crippen molar-refractivity contribution < 1.29 is 14.3 Å². The average molecular weight is 478 g/mol. The van der Waals surface area contributed by atoms with Gasteiger partial charge in [0.25, 0.3) is 5.91 Å². The number of rotatable bonds is 8. The summed E-state index contributed by atoms with van der Waals surface area (Å²) in [4.78, 5) is 12.5. The van der Waals surface area contributed by atoms with Gasteiger partial charge in [0.15, 0.2) is 11.5 Å². The zero-order valence-electron chi connectivity index (χ0n) is 16.5. The topological polar surface area (TPSA) is 71.3 Å². The summed E-state index contributed by atoms with van der Waals surface area (Å²) in [6, 6.07) is 10.6. The Morgan fingerprint density at radius 2 is 2.03 bits per heavy atom. The Morgan fingerprint density at radius 3 is 2.66 bits per heavy atom. The van der Waals surface area contributed by atoms with Crippen LogP contribution < -0.4 is 14.8 Å². The third-order valence-electron chi connectivity index (χ3n) is 3.89. The summed E-state index contributed by atoms with van der Waals surface area (Å²) in [5.74, 6) is 0.625. The van der Waals surface area contributed by atoms with E-state index in [1.807, 2.05) is 26.8 Å². The largest absolute Gasteiger partial charge is 0.490 e. The van der Waals surface area contributed by atoms with Crippen molar-refractivity contribution in [2.45, 2.75) is 27.2 Å². The Hall–Kier alpha value is -2.49. The number of carbonyl (C=O) groups excluding carboxylic acids is 1. The lowest BCUT2D eigenvalue weighted by Crippen LogP contribution is -2.13. The van der Waals surface area contributed by atoms with E-state index in [1.165, 1.54) is 6.08 Å². The van der Waals surface area contributed by atoms with Gasteiger partial charge in [0, 0.05) is 10.7 Å². The maximum absolute atomic E-state index is 12.5. The van der Waals surface area contributed by atoms with Crippen LogP contribution in [-0.2, 0) is 4.79 Å². The van der Waals surface area contributed by atoms with E-state index >= 15 is 0 Å². The molecule has 1 N–H and O–H groups in total. The molecule has 0 spiro atoms. The molecule has 0 aliphatic carbocycles. The van der Waals surface area contributed by atoms with Crippen molar-refractivity contribution in [1.29, 1.82) is 5.26 Å². The van der Waals surface area contributed by atoms with Crippen molar-refractivity contribution >= 4 is 45.2 Å². The molecule has 0 aliphatic heterocycles. The first kappa shape index (κ1) is 22.8. The van der Waals surface area contributed by atoms with Gasteiger partial charge in [-0.2, -0.15) is 5.26 Å². The highest BCUT2D eigenvalue weighted by atomic mass is 79.9. The molecule has 1 amide bonds. The number of anilines is 1. The Labute approximate surface area is 184 Å². The number of nitriles is 1. The predicted octanol–water partition coefficient (Wildman–Crippen LogP) is 6.14. The van der Waals surface area contributed by atoms with Crippen molar-refractivity contribution in [1.82, 2.24) is 0 Å². The van der Waals surface area contributed by atoms with Gasteiger partial charge in [-0.25, -0.2) is 0 Å². The van der Waals surface area contributed by atoms with Crippen LogP contribution in [0.3, 0.4) is 0 Å². The van der Waals surface area contributed by atoms with E-state index in [1.54, 1.807) is 30.3 Å². The van der Waals surface area contributed by atoms with E-state index in [4.69, 9.17) is 21.1 Å². The molecule has 0 unspecified atom stereocenters. The van der Waals surface area contributed by atoms with Gasteiger partial charge in [0.05, 0.1) is 17.7 Å². The summed E-state index contributed by atoms with van der Waals surface area (Å²) in [7, 11) is 0. The molecular weight excluding hydrogens is 456 g/mol. The van der Waals surface area contributed by atoms with E-state index < -0.39 is 5.91 Å². The molecule has 2 rings (SSSR count). The fourth-order valence-electron chi connectivity index (χ4n) is 2.46. The highest BCUT2D eigenvalue weighted by Crippen LogP contribution is 2.37. The Bertz CT molecular complexity index is 967. The van der Waals surface area contributed by atoms with E-state index in [0.717, 1.165) is 12.0 Å². The average Bonchev–Trinajstić information content (AvgIpc) is 2.68. The molecule has 0 heterocycles. The molecule has 152 valence electrons. The van der Waals surface area contributed by atoms with E-state index in [2.05, 4.69) is 21.2 Å². The van der Waals surface area contributed by atoms with Crippen LogP contribution in [0, 0.1) is 18.3 Å². The second-order valence-corrected chi connectivity index (χ2v) is 7.46. The molecule has 0 atom stereocenters. The molecule has 29 heavy (non-hydrogen) atoms. The van der Waals surface area contributed by atoms with Crippen molar-refractivity contribution in [3.05, 3.63) is 56.5 Å². The van der Waals surface area contributed by atoms with Crippen LogP contribution in [0.4, 0.5) is 5.69 Å². The second-order valence-electron chi connectivity index (χ2n) is 6.20. The maximum atomic E-state index is 12.5. The van der Waals surface area contributed by atoms with E-state index in [9.17, 15) is 10.1 Å². The van der Waals surface area contributed by atoms with Gasteiger partial charge in [-0.1, -0.05) is 24.6 Å². The molecule has 0 radical (unpaired) electrons. The molecular formula is C22H22BrClN2O3. The number of carbonyl (C=O) groups is 1. The lowest BCUT2D eigenvalue weighted by molar-refractivity contribution is -0.112. The van der Waals surface area contributed by atoms with Gasteiger partial charge in [-0.15, -0.1) is 0 Å². The molecule has 0 saturated heterocycles. The summed E-state index contributed by atoms with van der Waals surface area (Å²) in [5.41, 5.74) is 2.02. The zero-order valence-corrected chi connectivity index (χ0v) is 18.9. The first-order valence-electron chi connectivity index (χ1n) is 9.18. The van der Waals surface area contributed by atoms with Crippen LogP contribution in [0.1, 0.15) is 31.4 Å². The van der Waals surface area contributed by atoms with Crippen molar-refractivity contribution in [3.63, 3.8) is 0 Å². The third-order valence-corrected chi connectivity index (χ3v) is 4.88. The number of hydrogen-bond donors (Lipinski definition) is 1.